The Labute approximate surface area is 108 Å². The topological polar surface area (TPSA) is 20.7 Å². The molecule has 0 saturated carbocycles. The molecule has 1 N–H and O–H groups in total. The number of nitrogens with one attached hydrogen (secondary N) is 1. The lowest BCUT2D eigenvalue weighted by Crippen LogP contribution is -2.07. The van der Waals surface area contributed by atoms with Gasteiger partial charge in [-0.25, -0.2) is 4.68 Å². The lowest BCUT2D eigenvalue weighted by Gasteiger charge is -2.05. The SMILES string of the molecule is FC(F)(F)c1cc(=S)n(-c2ccc(Br)cc2)[nH]1. The van der Waals surface area contributed by atoms with Crippen molar-refractivity contribution in [3.63, 3.8) is 0 Å². The molecule has 2 aromatic rings. The Morgan fingerprint density at radius 2 is 1.76 bits per heavy atom. The molecule has 0 spiro atoms. The van der Waals surface area contributed by atoms with Gasteiger partial charge in [0.2, 0.25) is 0 Å². The Kier molecular flexibility index (Phi) is 3.13. The molecule has 0 aliphatic carbocycles. The van der Waals surface area contributed by atoms with E-state index in [-0.39, 0.29) is 4.64 Å². The second-order valence-electron chi connectivity index (χ2n) is 3.32. The molecule has 0 unspecified atom stereocenters. The van der Waals surface area contributed by atoms with Crippen LogP contribution in [-0.2, 0) is 6.18 Å². The van der Waals surface area contributed by atoms with Crippen molar-refractivity contribution < 1.29 is 13.2 Å². The molecule has 17 heavy (non-hydrogen) atoms. The van der Waals surface area contributed by atoms with E-state index in [2.05, 4.69) is 21.0 Å². The highest BCUT2D eigenvalue weighted by Crippen LogP contribution is 2.28. The van der Waals surface area contributed by atoms with Crippen molar-refractivity contribution in [3.05, 3.63) is 45.1 Å². The number of hydrogen-bond acceptors (Lipinski definition) is 1. The van der Waals surface area contributed by atoms with Gasteiger partial charge in [0.1, 0.15) is 10.3 Å². The molecule has 0 aliphatic heterocycles. The Morgan fingerprint density at radius 1 is 1.18 bits per heavy atom. The minimum absolute atomic E-state index is 0.0830. The summed E-state index contributed by atoms with van der Waals surface area (Å²) in [6, 6.07) is 7.68. The molecule has 0 amide bonds. The zero-order valence-corrected chi connectivity index (χ0v) is 10.7. The number of hydrogen-bond donors (Lipinski definition) is 1. The van der Waals surface area contributed by atoms with Crippen LogP contribution in [0.15, 0.2) is 34.8 Å². The summed E-state index contributed by atoms with van der Waals surface area (Å²) in [5.74, 6) is 0. The van der Waals surface area contributed by atoms with Crippen LogP contribution in [0.2, 0.25) is 0 Å². The van der Waals surface area contributed by atoms with Gasteiger partial charge in [0.25, 0.3) is 0 Å². The van der Waals surface area contributed by atoms with Crippen LogP contribution >= 0.6 is 28.1 Å². The van der Waals surface area contributed by atoms with Crippen LogP contribution in [-0.4, -0.2) is 9.78 Å². The molecule has 90 valence electrons. The third-order valence-corrected chi connectivity index (χ3v) is 2.94. The monoisotopic (exact) mass is 322 g/mol. The molecule has 1 aromatic heterocycles. The summed E-state index contributed by atoms with van der Waals surface area (Å²) in [4.78, 5) is 0. The van der Waals surface area contributed by atoms with Crippen LogP contribution in [0, 0.1) is 4.64 Å². The van der Waals surface area contributed by atoms with Crippen LogP contribution in [0.1, 0.15) is 5.69 Å². The average molecular weight is 323 g/mol. The van der Waals surface area contributed by atoms with Gasteiger partial charge in [-0.05, 0) is 24.3 Å². The van der Waals surface area contributed by atoms with Crippen molar-refractivity contribution in [2.45, 2.75) is 6.18 Å². The second-order valence-corrected chi connectivity index (χ2v) is 4.65. The van der Waals surface area contributed by atoms with Crippen LogP contribution in [0.25, 0.3) is 5.69 Å². The van der Waals surface area contributed by atoms with Gasteiger partial charge in [-0.2, -0.15) is 13.2 Å². The average Bonchev–Trinajstić information content (AvgIpc) is 2.61. The van der Waals surface area contributed by atoms with Gasteiger partial charge < -0.3 is 0 Å². The molecular weight excluding hydrogens is 317 g/mol. The molecule has 1 heterocycles. The number of H-pyrrole nitrogens is 1. The van der Waals surface area contributed by atoms with Crippen LogP contribution < -0.4 is 0 Å². The standard InChI is InChI=1S/C10H6BrF3N2S/c11-6-1-3-7(4-2-6)16-9(17)5-8(15-16)10(12,13)14/h1-5,15H. The summed E-state index contributed by atoms with van der Waals surface area (Å²) in [6.45, 7) is 0. The van der Waals surface area contributed by atoms with E-state index in [4.69, 9.17) is 12.2 Å². The Balaban J connectivity index is 2.50. The van der Waals surface area contributed by atoms with E-state index in [0.29, 0.717) is 5.69 Å². The maximum atomic E-state index is 12.5. The molecule has 0 aliphatic rings. The fraction of sp³-hybridized carbons (Fsp3) is 0.100. The van der Waals surface area contributed by atoms with Gasteiger partial charge in [-0.3, -0.25) is 5.10 Å². The normalized spacial score (nSPS) is 11.8. The predicted molar refractivity (Wildman–Crippen MR) is 63.7 cm³/mol. The Bertz CT molecular complexity index is 583. The van der Waals surface area contributed by atoms with Gasteiger partial charge in [0, 0.05) is 10.5 Å². The third-order valence-electron chi connectivity index (χ3n) is 2.11. The van der Waals surface area contributed by atoms with Crippen LogP contribution in [0.4, 0.5) is 13.2 Å². The van der Waals surface area contributed by atoms with Crippen molar-refractivity contribution in [2.75, 3.05) is 0 Å². The van der Waals surface area contributed by atoms with Crippen molar-refractivity contribution in [1.82, 2.24) is 9.78 Å². The summed E-state index contributed by atoms with van der Waals surface area (Å²) < 4.78 is 39.5. The summed E-state index contributed by atoms with van der Waals surface area (Å²) in [6.07, 6.45) is -4.42. The summed E-state index contributed by atoms with van der Waals surface area (Å²) in [5.41, 5.74) is -0.306. The predicted octanol–water partition coefficient (Wildman–Crippen LogP) is 4.32. The summed E-state index contributed by atoms with van der Waals surface area (Å²) in [5, 5.41) is 2.23. The van der Waals surface area contributed by atoms with E-state index < -0.39 is 11.9 Å². The van der Waals surface area contributed by atoms with E-state index in [9.17, 15) is 13.2 Å². The summed E-state index contributed by atoms with van der Waals surface area (Å²) in [7, 11) is 0. The van der Waals surface area contributed by atoms with E-state index in [1.165, 1.54) is 4.68 Å². The van der Waals surface area contributed by atoms with Gasteiger partial charge in [-0.1, -0.05) is 28.1 Å². The fourth-order valence-electron chi connectivity index (χ4n) is 1.32. The molecule has 0 bridgehead atoms. The fourth-order valence-corrected chi connectivity index (χ4v) is 1.86. The van der Waals surface area contributed by atoms with Crippen molar-refractivity contribution >= 4 is 28.1 Å². The van der Waals surface area contributed by atoms with Gasteiger partial charge >= 0.3 is 6.18 Å². The molecule has 7 heteroatoms. The molecular formula is C10H6BrF3N2S. The highest BCUT2D eigenvalue weighted by atomic mass is 79.9. The quantitative estimate of drug-likeness (QED) is 0.775. The zero-order chi connectivity index (χ0) is 12.6. The number of aromatic nitrogens is 2. The minimum Gasteiger partial charge on any atom is -0.288 e. The van der Waals surface area contributed by atoms with Crippen molar-refractivity contribution in [2.24, 2.45) is 0 Å². The lowest BCUT2D eigenvalue weighted by molar-refractivity contribution is -0.141. The molecule has 0 saturated heterocycles. The number of halogens is 4. The first-order chi connectivity index (χ1) is 7.88. The van der Waals surface area contributed by atoms with Crippen molar-refractivity contribution in [3.8, 4) is 5.69 Å². The molecule has 0 radical (unpaired) electrons. The number of benzene rings is 1. The Hall–Kier alpha value is -1.08. The smallest absolute Gasteiger partial charge is 0.288 e. The van der Waals surface area contributed by atoms with E-state index in [0.717, 1.165) is 10.5 Å². The van der Waals surface area contributed by atoms with E-state index in [1.54, 1.807) is 24.3 Å². The maximum Gasteiger partial charge on any atom is 0.432 e. The number of aromatic amines is 1. The highest BCUT2D eigenvalue weighted by molar-refractivity contribution is 9.10. The number of nitrogens with zero attached hydrogens (tertiary/aromatic N) is 1. The largest absolute Gasteiger partial charge is 0.432 e. The maximum absolute atomic E-state index is 12.5. The molecule has 0 atom stereocenters. The molecule has 0 fully saturated rings. The van der Waals surface area contributed by atoms with Gasteiger partial charge in [0.05, 0.1) is 5.69 Å². The first-order valence-electron chi connectivity index (χ1n) is 4.53. The second kappa shape index (κ2) is 4.30. The first-order valence-corrected chi connectivity index (χ1v) is 5.73. The third kappa shape index (κ3) is 2.61. The number of rotatable bonds is 1. The van der Waals surface area contributed by atoms with E-state index >= 15 is 0 Å². The Morgan fingerprint density at radius 3 is 2.24 bits per heavy atom. The number of alkyl halides is 3. The molecule has 2 nitrogen and oxygen atoms in total. The van der Waals surface area contributed by atoms with Crippen molar-refractivity contribution in [1.29, 1.82) is 0 Å². The minimum atomic E-state index is -4.42. The van der Waals surface area contributed by atoms with Crippen LogP contribution in [0.3, 0.4) is 0 Å². The van der Waals surface area contributed by atoms with E-state index in [1.807, 2.05) is 0 Å². The van der Waals surface area contributed by atoms with Gasteiger partial charge in [0.15, 0.2) is 0 Å². The lowest BCUT2D eigenvalue weighted by atomic mass is 10.3. The molecule has 2 rings (SSSR count). The molecule has 1 aromatic carbocycles. The van der Waals surface area contributed by atoms with Gasteiger partial charge in [-0.15, -0.1) is 0 Å². The summed E-state index contributed by atoms with van der Waals surface area (Å²) >= 11 is 8.12. The van der Waals surface area contributed by atoms with Crippen LogP contribution in [0.5, 0.6) is 0 Å². The first kappa shape index (κ1) is 12.4. The highest BCUT2D eigenvalue weighted by Gasteiger charge is 2.33. The zero-order valence-electron chi connectivity index (χ0n) is 8.25.